The van der Waals surface area contributed by atoms with Crippen molar-refractivity contribution in [2.45, 2.75) is 33.2 Å². The molecule has 0 aliphatic rings. The summed E-state index contributed by atoms with van der Waals surface area (Å²) in [5, 5.41) is 0. The van der Waals surface area contributed by atoms with Crippen LogP contribution in [-0.4, -0.2) is 11.7 Å². The van der Waals surface area contributed by atoms with Crippen molar-refractivity contribution in [1.82, 2.24) is 4.57 Å². The second kappa shape index (κ2) is 6.48. The van der Waals surface area contributed by atoms with Gasteiger partial charge >= 0.3 is 0 Å². The third-order valence-corrected chi connectivity index (χ3v) is 3.63. The summed E-state index contributed by atoms with van der Waals surface area (Å²) in [6.07, 6.45) is 1.98. The maximum atomic E-state index is 12.3. The van der Waals surface area contributed by atoms with E-state index < -0.39 is 0 Å². The van der Waals surface area contributed by atoms with E-state index in [2.05, 4.69) is 6.92 Å². The predicted octanol–water partition coefficient (Wildman–Crippen LogP) is 3.21. The minimum atomic E-state index is -0.116. The highest BCUT2D eigenvalue weighted by molar-refractivity contribution is 5.64. The number of rotatable bonds is 5. The summed E-state index contributed by atoms with van der Waals surface area (Å²) in [7, 11) is 1.66. The topological polar surface area (TPSA) is 57.2 Å². The summed E-state index contributed by atoms with van der Waals surface area (Å²) >= 11 is 0. The molecule has 1 heterocycles. The van der Waals surface area contributed by atoms with Gasteiger partial charge in [0, 0.05) is 6.54 Å². The second-order valence-electron chi connectivity index (χ2n) is 5.17. The summed E-state index contributed by atoms with van der Waals surface area (Å²) < 4.78 is 7.05. The van der Waals surface area contributed by atoms with Crippen LogP contribution in [0.4, 0.5) is 5.69 Å². The minimum absolute atomic E-state index is 0.116. The van der Waals surface area contributed by atoms with Gasteiger partial charge in [0.15, 0.2) is 0 Å². The smallest absolute Gasteiger partial charge is 0.274 e. The van der Waals surface area contributed by atoms with Crippen LogP contribution >= 0.6 is 0 Å². The number of unbranched alkanes of at least 4 members (excludes halogenated alkanes) is 1. The molecule has 0 fully saturated rings. The maximum Gasteiger partial charge on any atom is 0.274 e. The molecule has 0 aliphatic heterocycles. The molecule has 0 spiro atoms. The number of hydrogen-bond donors (Lipinski definition) is 1. The van der Waals surface area contributed by atoms with Gasteiger partial charge in [0.1, 0.15) is 5.75 Å². The first-order chi connectivity index (χ1) is 10.1. The number of aryl methyl sites for hydroxylation is 1. The maximum absolute atomic E-state index is 12.3. The lowest BCUT2D eigenvalue weighted by atomic mass is 10.1. The van der Waals surface area contributed by atoms with Gasteiger partial charge in [0.2, 0.25) is 0 Å². The molecule has 1 aromatic carbocycles. The van der Waals surface area contributed by atoms with Crippen LogP contribution in [0.1, 0.15) is 25.3 Å². The molecule has 0 amide bonds. The third kappa shape index (κ3) is 3.10. The number of nitrogen functional groups attached to an aromatic ring is 1. The number of pyridine rings is 1. The predicted molar refractivity (Wildman–Crippen MR) is 86.7 cm³/mol. The second-order valence-corrected chi connectivity index (χ2v) is 5.17. The number of anilines is 1. The zero-order valence-corrected chi connectivity index (χ0v) is 12.8. The van der Waals surface area contributed by atoms with Gasteiger partial charge in [-0.15, -0.1) is 0 Å². The quantitative estimate of drug-likeness (QED) is 0.918. The largest absolute Gasteiger partial charge is 0.496 e. The Morgan fingerprint density at radius 2 is 2.00 bits per heavy atom. The lowest BCUT2D eigenvalue weighted by Gasteiger charge is -2.15. The standard InChI is InChI=1S/C17H22N2O2/c1-4-5-10-19-15(8-7-14(18)17(19)20)13-6-9-16(21-3)12(2)11-13/h6-9,11H,4-5,10,18H2,1-3H3. The van der Waals surface area contributed by atoms with E-state index in [1.54, 1.807) is 17.7 Å². The molecular weight excluding hydrogens is 264 g/mol. The molecule has 0 saturated carbocycles. The Balaban J connectivity index is 2.55. The molecule has 0 atom stereocenters. The Kier molecular flexibility index (Phi) is 4.68. The van der Waals surface area contributed by atoms with Crippen LogP contribution in [0.25, 0.3) is 11.3 Å². The van der Waals surface area contributed by atoms with E-state index in [1.807, 2.05) is 31.2 Å². The number of nitrogens with two attached hydrogens (primary N) is 1. The van der Waals surface area contributed by atoms with Gasteiger partial charge in [0.25, 0.3) is 5.56 Å². The van der Waals surface area contributed by atoms with Crippen molar-refractivity contribution < 1.29 is 4.74 Å². The molecule has 1 aromatic heterocycles. The van der Waals surface area contributed by atoms with Gasteiger partial charge in [0.05, 0.1) is 18.5 Å². The van der Waals surface area contributed by atoms with Crippen LogP contribution < -0.4 is 16.0 Å². The van der Waals surface area contributed by atoms with Gasteiger partial charge in [-0.3, -0.25) is 4.79 Å². The van der Waals surface area contributed by atoms with Crippen molar-refractivity contribution in [2.75, 3.05) is 12.8 Å². The average Bonchev–Trinajstić information content (AvgIpc) is 2.48. The van der Waals surface area contributed by atoms with Crippen LogP contribution in [0.15, 0.2) is 35.1 Å². The van der Waals surface area contributed by atoms with Gasteiger partial charge in [-0.25, -0.2) is 0 Å². The number of hydrogen-bond acceptors (Lipinski definition) is 3. The van der Waals surface area contributed by atoms with E-state index >= 15 is 0 Å². The lowest BCUT2D eigenvalue weighted by molar-refractivity contribution is 0.412. The van der Waals surface area contributed by atoms with Gasteiger partial charge < -0.3 is 15.0 Å². The van der Waals surface area contributed by atoms with Crippen molar-refractivity contribution in [3.63, 3.8) is 0 Å². The van der Waals surface area contributed by atoms with Crippen LogP contribution in [0.2, 0.25) is 0 Å². The molecule has 0 aliphatic carbocycles. The molecule has 4 heteroatoms. The first-order valence-electron chi connectivity index (χ1n) is 7.22. The van der Waals surface area contributed by atoms with Crippen LogP contribution in [-0.2, 0) is 6.54 Å². The summed E-state index contributed by atoms with van der Waals surface area (Å²) in [5.41, 5.74) is 8.88. The molecule has 0 saturated heterocycles. The van der Waals surface area contributed by atoms with E-state index in [0.717, 1.165) is 35.4 Å². The Hall–Kier alpha value is -2.23. The summed E-state index contributed by atoms with van der Waals surface area (Å²) in [6.45, 7) is 4.78. The van der Waals surface area contributed by atoms with E-state index in [-0.39, 0.29) is 5.56 Å². The molecular formula is C17H22N2O2. The lowest BCUT2D eigenvalue weighted by Crippen LogP contribution is -2.24. The Morgan fingerprint density at radius 3 is 2.62 bits per heavy atom. The van der Waals surface area contributed by atoms with Gasteiger partial charge in [-0.1, -0.05) is 13.3 Å². The van der Waals surface area contributed by atoms with Crippen molar-refractivity contribution >= 4 is 5.69 Å². The molecule has 21 heavy (non-hydrogen) atoms. The number of methoxy groups -OCH3 is 1. The number of aromatic nitrogens is 1. The van der Waals surface area contributed by atoms with Crippen molar-refractivity contribution in [3.8, 4) is 17.0 Å². The van der Waals surface area contributed by atoms with E-state index in [0.29, 0.717) is 12.2 Å². The van der Waals surface area contributed by atoms with Crippen LogP contribution in [0, 0.1) is 6.92 Å². The van der Waals surface area contributed by atoms with Crippen molar-refractivity contribution in [1.29, 1.82) is 0 Å². The van der Waals surface area contributed by atoms with Gasteiger partial charge in [-0.2, -0.15) is 0 Å². The SMILES string of the molecule is CCCCn1c(-c2ccc(OC)c(C)c2)ccc(N)c1=O. The highest BCUT2D eigenvalue weighted by atomic mass is 16.5. The fraction of sp³-hybridized carbons (Fsp3) is 0.353. The normalized spacial score (nSPS) is 10.6. The monoisotopic (exact) mass is 286 g/mol. The first kappa shape index (κ1) is 15.2. The van der Waals surface area contributed by atoms with E-state index in [4.69, 9.17) is 10.5 Å². The highest BCUT2D eigenvalue weighted by Crippen LogP contribution is 2.26. The molecule has 4 nitrogen and oxygen atoms in total. The Labute approximate surface area is 125 Å². The van der Waals surface area contributed by atoms with E-state index in [9.17, 15) is 4.79 Å². The number of ether oxygens (including phenoxy) is 1. The van der Waals surface area contributed by atoms with Gasteiger partial charge in [-0.05, 0) is 54.8 Å². The Bertz CT molecular complexity index is 690. The molecule has 2 N–H and O–H groups in total. The summed E-state index contributed by atoms with van der Waals surface area (Å²) in [6, 6.07) is 9.52. The average molecular weight is 286 g/mol. The molecule has 0 unspecified atom stereocenters. The molecule has 112 valence electrons. The zero-order chi connectivity index (χ0) is 15.4. The molecule has 2 aromatic rings. The van der Waals surface area contributed by atoms with Crippen LogP contribution in [0.3, 0.4) is 0 Å². The first-order valence-corrected chi connectivity index (χ1v) is 7.22. The third-order valence-electron chi connectivity index (χ3n) is 3.63. The highest BCUT2D eigenvalue weighted by Gasteiger charge is 2.10. The molecule has 0 radical (unpaired) electrons. The fourth-order valence-corrected chi connectivity index (χ4v) is 2.42. The van der Waals surface area contributed by atoms with Crippen LogP contribution in [0.5, 0.6) is 5.75 Å². The van der Waals surface area contributed by atoms with Crippen molar-refractivity contribution in [2.24, 2.45) is 0 Å². The number of nitrogens with zero attached hydrogens (tertiary/aromatic N) is 1. The number of benzene rings is 1. The fourth-order valence-electron chi connectivity index (χ4n) is 2.42. The van der Waals surface area contributed by atoms with Crippen molar-refractivity contribution in [3.05, 3.63) is 46.2 Å². The minimum Gasteiger partial charge on any atom is -0.496 e. The summed E-state index contributed by atoms with van der Waals surface area (Å²) in [4.78, 5) is 12.3. The molecule has 0 bridgehead atoms. The summed E-state index contributed by atoms with van der Waals surface area (Å²) in [5.74, 6) is 0.844. The zero-order valence-electron chi connectivity index (χ0n) is 12.8. The Morgan fingerprint density at radius 1 is 1.24 bits per heavy atom. The van der Waals surface area contributed by atoms with E-state index in [1.165, 1.54) is 0 Å². The molecule has 2 rings (SSSR count).